The van der Waals surface area contributed by atoms with Crippen molar-refractivity contribution < 1.29 is 27.9 Å². The van der Waals surface area contributed by atoms with Gasteiger partial charge in [-0.05, 0) is 0 Å². The molecule has 174 valence electrons. The molecule has 0 radical (unpaired) electrons. The van der Waals surface area contributed by atoms with Crippen LogP contribution in [0.25, 0.3) is 0 Å². The highest BCUT2D eigenvalue weighted by Crippen LogP contribution is 2.32. The largest absolute Gasteiger partial charge is 0.442 e. The van der Waals surface area contributed by atoms with Crippen LogP contribution in [-0.4, -0.2) is 81.7 Å². The van der Waals surface area contributed by atoms with Crippen LogP contribution in [0, 0.1) is 11.6 Å². The van der Waals surface area contributed by atoms with Crippen molar-refractivity contribution >= 4 is 29.3 Å². The van der Waals surface area contributed by atoms with E-state index in [4.69, 9.17) is 4.74 Å². The molecule has 13 heteroatoms. The molecule has 2 aromatic rings. The third-order valence-electron chi connectivity index (χ3n) is 5.95. The predicted molar refractivity (Wildman–Crippen MR) is 109 cm³/mol. The molecule has 3 fully saturated rings. The molecule has 33 heavy (non-hydrogen) atoms. The minimum Gasteiger partial charge on any atom is -0.442 e. The van der Waals surface area contributed by atoms with Crippen molar-refractivity contribution in [2.45, 2.75) is 25.5 Å². The molecule has 1 aromatic carbocycles. The fraction of sp³-hybridized carbons (Fsp3) is 0.450. The first-order valence-electron chi connectivity index (χ1n) is 10.6. The molecule has 3 aliphatic rings. The SMILES string of the molecule is O=C1O[C@@H](Cn2ccnn2)CN1c1cc(F)c(N2CCN3C(=O)CCC(=O)N3CC2)c(F)c1. The van der Waals surface area contributed by atoms with E-state index >= 15 is 8.78 Å². The zero-order valence-corrected chi connectivity index (χ0v) is 17.6. The second kappa shape index (κ2) is 8.30. The van der Waals surface area contributed by atoms with E-state index in [2.05, 4.69) is 10.3 Å². The average Bonchev–Trinajstić information content (AvgIpc) is 3.35. The Labute approximate surface area is 187 Å². The van der Waals surface area contributed by atoms with Crippen LogP contribution < -0.4 is 9.80 Å². The summed E-state index contributed by atoms with van der Waals surface area (Å²) in [7, 11) is 0. The Kier molecular flexibility index (Phi) is 5.30. The van der Waals surface area contributed by atoms with Crippen molar-refractivity contribution in [1.29, 1.82) is 0 Å². The van der Waals surface area contributed by atoms with Crippen LogP contribution in [0.3, 0.4) is 0 Å². The zero-order chi connectivity index (χ0) is 23.1. The van der Waals surface area contributed by atoms with Crippen molar-refractivity contribution in [3.05, 3.63) is 36.2 Å². The molecule has 3 amide bonds. The summed E-state index contributed by atoms with van der Waals surface area (Å²) in [6, 6.07) is 2.18. The van der Waals surface area contributed by atoms with E-state index in [1.165, 1.54) is 30.7 Å². The molecule has 5 rings (SSSR count). The molecule has 0 aliphatic carbocycles. The number of halogens is 2. The number of ether oxygens (including phenoxy) is 1. The van der Waals surface area contributed by atoms with Gasteiger partial charge >= 0.3 is 6.09 Å². The minimum absolute atomic E-state index is 0.0428. The number of fused-ring (bicyclic) bond motifs is 1. The van der Waals surface area contributed by atoms with Gasteiger partial charge in [0.05, 0.1) is 38.1 Å². The van der Waals surface area contributed by atoms with Crippen LogP contribution in [0.4, 0.5) is 25.0 Å². The molecule has 0 saturated carbocycles. The second-order valence-corrected chi connectivity index (χ2v) is 8.02. The highest BCUT2D eigenvalue weighted by atomic mass is 19.1. The Morgan fingerprint density at radius 2 is 1.61 bits per heavy atom. The molecule has 4 heterocycles. The Bertz CT molecular complexity index is 1050. The smallest absolute Gasteiger partial charge is 0.414 e. The first kappa shape index (κ1) is 21.1. The van der Waals surface area contributed by atoms with Crippen LogP contribution in [0.5, 0.6) is 0 Å². The molecule has 1 aromatic heterocycles. The topological polar surface area (TPSA) is 104 Å². The highest BCUT2D eigenvalue weighted by Gasteiger charge is 2.36. The minimum atomic E-state index is -0.843. The van der Waals surface area contributed by atoms with E-state index in [1.54, 1.807) is 6.20 Å². The number of benzene rings is 1. The number of cyclic esters (lactones) is 1. The summed E-state index contributed by atoms with van der Waals surface area (Å²) >= 11 is 0. The third kappa shape index (κ3) is 3.94. The van der Waals surface area contributed by atoms with Gasteiger partial charge < -0.3 is 9.64 Å². The maximum atomic E-state index is 15.1. The lowest BCUT2D eigenvalue weighted by Gasteiger charge is -2.36. The number of hydrazine groups is 1. The van der Waals surface area contributed by atoms with E-state index in [1.807, 2.05) is 0 Å². The number of nitrogens with zero attached hydrogens (tertiary/aromatic N) is 7. The van der Waals surface area contributed by atoms with E-state index in [-0.39, 0.29) is 75.3 Å². The standard InChI is InChI=1S/C20H21F2N7O4/c21-15-9-13(27-12-14(33-20(27)32)11-26-4-3-23-24-26)10-16(22)19(15)25-5-7-28-17(30)1-2-18(31)29(28)8-6-25/h3-4,9-10,14H,1-2,5-8,11-12H2/t14-/m0/s1. The summed E-state index contributed by atoms with van der Waals surface area (Å²) in [6.45, 7) is 0.989. The normalized spacial score (nSPS) is 21.4. The van der Waals surface area contributed by atoms with Gasteiger partial charge in [0.15, 0.2) is 11.6 Å². The van der Waals surface area contributed by atoms with Gasteiger partial charge in [-0.2, -0.15) is 0 Å². The molecule has 1 atom stereocenters. The van der Waals surface area contributed by atoms with Crippen LogP contribution in [0.15, 0.2) is 24.5 Å². The second-order valence-electron chi connectivity index (χ2n) is 8.02. The molecule has 0 spiro atoms. The lowest BCUT2D eigenvalue weighted by atomic mass is 10.2. The van der Waals surface area contributed by atoms with Gasteiger partial charge in [-0.15, -0.1) is 5.10 Å². The molecule has 11 nitrogen and oxygen atoms in total. The van der Waals surface area contributed by atoms with E-state index in [0.29, 0.717) is 0 Å². The first-order chi connectivity index (χ1) is 15.9. The monoisotopic (exact) mass is 461 g/mol. The number of amides is 3. The first-order valence-corrected chi connectivity index (χ1v) is 10.6. The lowest BCUT2D eigenvalue weighted by molar-refractivity contribution is -0.169. The van der Waals surface area contributed by atoms with Gasteiger partial charge in [0.2, 0.25) is 11.8 Å². The summed E-state index contributed by atoms with van der Waals surface area (Å²) in [6.07, 6.45) is 2.14. The number of carbonyl (C=O) groups is 3. The summed E-state index contributed by atoms with van der Waals surface area (Å²) < 4.78 is 37.0. The molecule has 3 aliphatic heterocycles. The fourth-order valence-electron chi connectivity index (χ4n) is 4.37. The van der Waals surface area contributed by atoms with Gasteiger partial charge in [-0.3, -0.25) is 14.5 Å². The number of hydrogen-bond acceptors (Lipinski definition) is 7. The van der Waals surface area contributed by atoms with Crippen LogP contribution >= 0.6 is 0 Å². The Morgan fingerprint density at radius 3 is 2.18 bits per heavy atom. The Hall–Kier alpha value is -3.77. The van der Waals surface area contributed by atoms with Crippen molar-refractivity contribution in [3.8, 4) is 0 Å². The molecule has 0 bridgehead atoms. The van der Waals surface area contributed by atoms with E-state index in [0.717, 1.165) is 12.1 Å². The van der Waals surface area contributed by atoms with E-state index < -0.39 is 23.8 Å². The predicted octanol–water partition coefficient (Wildman–Crippen LogP) is 0.768. The summed E-state index contributed by atoms with van der Waals surface area (Å²) in [4.78, 5) is 39.3. The molecular formula is C20H21F2N7O4. The number of carbonyl (C=O) groups excluding carboxylic acids is 3. The van der Waals surface area contributed by atoms with Crippen LogP contribution in [-0.2, 0) is 20.9 Å². The number of anilines is 2. The Balaban J connectivity index is 1.33. The van der Waals surface area contributed by atoms with Crippen LogP contribution in [0.1, 0.15) is 12.8 Å². The highest BCUT2D eigenvalue weighted by molar-refractivity contribution is 5.90. The molecule has 0 unspecified atom stereocenters. The number of aromatic nitrogens is 3. The van der Waals surface area contributed by atoms with Crippen molar-refractivity contribution in [2.75, 3.05) is 42.5 Å². The lowest BCUT2D eigenvalue weighted by Crippen LogP contribution is -2.53. The third-order valence-corrected chi connectivity index (χ3v) is 5.95. The summed E-state index contributed by atoms with van der Waals surface area (Å²) in [5.41, 5.74) is -0.215. The summed E-state index contributed by atoms with van der Waals surface area (Å²) in [5, 5.41) is 10.2. The maximum Gasteiger partial charge on any atom is 0.414 e. The quantitative estimate of drug-likeness (QED) is 0.663. The van der Waals surface area contributed by atoms with Gasteiger partial charge in [-0.25, -0.2) is 28.3 Å². The van der Waals surface area contributed by atoms with Gasteiger partial charge in [-0.1, -0.05) is 5.21 Å². The van der Waals surface area contributed by atoms with Gasteiger partial charge in [0.1, 0.15) is 11.8 Å². The molecule has 3 saturated heterocycles. The Morgan fingerprint density at radius 1 is 0.970 bits per heavy atom. The van der Waals surface area contributed by atoms with Crippen molar-refractivity contribution in [1.82, 2.24) is 25.0 Å². The zero-order valence-electron chi connectivity index (χ0n) is 17.6. The summed E-state index contributed by atoms with van der Waals surface area (Å²) in [5.74, 6) is -2.04. The van der Waals surface area contributed by atoms with Gasteiger partial charge in [0, 0.05) is 44.3 Å². The van der Waals surface area contributed by atoms with Gasteiger partial charge in [0.25, 0.3) is 0 Å². The van der Waals surface area contributed by atoms with Crippen LogP contribution in [0.2, 0.25) is 0 Å². The van der Waals surface area contributed by atoms with Crippen molar-refractivity contribution in [3.63, 3.8) is 0 Å². The molecule has 0 N–H and O–H groups in total. The van der Waals surface area contributed by atoms with Crippen molar-refractivity contribution in [2.24, 2.45) is 0 Å². The molecular weight excluding hydrogens is 440 g/mol. The fourth-order valence-corrected chi connectivity index (χ4v) is 4.37. The van der Waals surface area contributed by atoms with E-state index in [9.17, 15) is 14.4 Å². The maximum absolute atomic E-state index is 15.1. The number of rotatable bonds is 4. The number of hydrogen-bond donors (Lipinski definition) is 0. The average molecular weight is 461 g/mol.